The van der Waals surface area contributed by atoms with Crippen LogP contribution in [0.4, 0.5) is 9.59 Å². The molecule has 1 aromatic rings. The second-order valence-corrected chi connectivity index (χ2v) is 8.16. The van der Waals surface area contributed by atoms with Gasteiger partial charge in [0.25, 0.3) is 0 Å². The Morgan fingerprint density at radius 2 is 1.17 bits per heavy atom. The van der Waals surface area contributed by atoms with Crippen LogP contribution >= 0.6 is 0 Å². The van der Waals surface area contributed by atoms with Crippen molar-refractivity contribution in [1.29, 1.82) is 0 Å². The van der Waals surface area contributed by atoms with Gasteiger partial charge in [-0.25, -0.2) is 19.2 Å². The second kappa shape index (κ2) is 16.0. The zero-order valence-corrected chi connectivity index (χ0v) is 21.4. The van der Waals surface area contributed by atoms with Crippen LogP contribution in [0.5, 0.6) is 0 Å². The van der Waals surface area contributed by atoms with Crippen LogP contribution in [0.15, 0.2) is 48.6 Å². The van der Waals surface area contributed by atoms with E-state index in [1.165, 1.54) is 13.8 Å². The van der Waals surface area contributed by atoms with Crippen molar-refractivity contribution in [3.05, 3.63) is 59.7 Å². The van der Waals surface area contributed by atoms with Gasteiger partial charge in [0, 0.05) is 24.2 Å². The van der Waals surface area contributed by atoms with Gasteiger partial charge in [0.1, 0.15) is 25.4 Å². The lowest BCUT2D eigenvalue weighted by Gasteiger charge is -2.17. The van der Waals surface area contributed by atoms with E-state index < -0.39 is 36.3 Å². The van der Waals surface area contributed by atoms with Crippen LogP contribution in [0.3, 0.4) is 0 Å². The maximum atomic E-state index is 12.1. The molecule has 0 aliphatic heterocycles. The van der Waals surface area contributed by atoms with E-state index in [-0.39, 0.29) is 37.4 Å². The zero-order chi connectivity index (χ0) is 27.1. The Hall–Kier alpha value is -3.82. The number of hydrogen-bond acceptors (Lipinski definition) is 8. The van der Waals surface area contributed by atoms with Crippen molar-refractivity contribution in [2.45, 2.75) is 65.8 Å². The summed E-state index contributed by atoms with van der Waals surface area (Å²) in [6, 6.07) is 7.25. The number of amides is 2. The standard InChI is InChI=1S/C26H36N2O8/c1-7-21(15-33-23(29)17(3)4)35-25(31)27-13-19-10-9-11-20(12-19)14-28-26(32)36-22(8-2)16-34-24(30)18(5)6/h9-12,21-22H,3,5,7-8,13-16H2,1-2,4,6H3,(H,27,31)(H,28,32). The minimum absolute atomic E-state index is 0.0535. The largest absolute Gasteiger partial charge is 0.458 e. The van der Waals surface area contributed by atoms with Crippen LogP contribution in [0, 0.1) is 0 Å². The van der Waals surface area contributed by atoms with Crippen LogP contribution in [0.2, 0.25) is 0 Å². The van der Waals surface area contributed by atoms with Gasteiger partial charge in [0.15, 0.2) is 0 Å². The van der Waals surface area contributed by atoms with Crippen molar-refractivity contribution in [3.63, 3.8) is 0 Å². The van der Waals surface area contributed by atoms with Crippen LogP contribution < -0.4 is 10.6 Å². The normalized spacial score (nSPS) is 11.9. The topological polar surface area (TPSA) is 129 Å². The number of carbonyl (C=O) groups is 4. The fourth-order valence-corrected chi connectivity index (χ4v) is 2.64. The van der Waals surface area contributed by atoms with Crippen molar-refractivity contribution in [2.75, 3.05) is 13.2 Å². The van der Waals surface area contributed by atoms with E-state index in [1.807, 2.05) is 32.0 Å². The highest BCUT2D eigenvalue weighted by atomic mass is 16.6. The fourth-order valence-electron chi connectivity index (χ4n) is 2.64. The molecule has 0 radical (unpaired) electrons. The van der Waals surface area contributed by atoms with Crippen molar-refractivity contribution in [3.8, 4) is 0 Å². The van der Waals surface area contributed by atoms with Gasteiger partial charge < -0.3 is 29.6 Å². The first-order valence-electron chi connectivity index (χ1n) is 11.7. The SMILES string of the molecule is C=C(C)C(=O)OCC(CC)OC(=O)NCc1cccc(CNC(=O)OC(CC)COC(=O)C(=C)C)c1. The number of nitrogens with one attached hydrogen (secondary N) is 2. The average molecular weight is 505 g/mol. The minimum Gasteiger partial charge on any atom is -0.458 e. The number of esters is 2. The van der Waals surface area contributed by atoms with Crippen molar-refractivity contribution < 1.29 is 38.1 Å². The highest BCUT2D eigenvalue weighted by Crippen LogP contribution is 2.08. The van der Waals surface area contributed by atoms with Crippen molar-refractivity contribution >= 4 is 24.1 Å². The quantitative estimate of drug-likeness (QED) is 0.221. The molecule has 2 atom stereocenters. The summed E-state index contributed by atoms with van der Waals surface area (Å²) in [5, 5.41) is 5.30. The van der Waals surface area contributed by atoms with E-state index >= 15 is 0 Å². The van der Waals surface area contributed by atoms with E-state index in [0.717, 1.165) is 11.1 Å². The summed E-state index contributed by atoms with van der Waals surface area (Å²) < 4.78 is 20.6. The molecule has 10 nitrogen and oxygen atoms in total. The number of rotatable bonds is 14. The summed E-state index contributed by atoms with van der Waals surface area (Å²) in [4.78, 5) is 47.3. The maximum Gasteiger partial charge on any atom is 0.407 e. The molecule has 0 heterocycles. The van der Waals surface area contributed by atoms with Gasteiger partial charge in [-0.1, -0.05) is 51.3 Å². The van der Waals surface area contributed by atoms with Crippen LogP contribution in [0.25, 0.3) is 0 Å². The van der Waals surface area contributed by atoms with Crippen molar-refractivity contribution in [2.24, 2.45) is 0 Å². The second-order valence-electron chi connectivity index (χ2n) is 8.16. The Kier molecular flexibility index (Phi) is 13.4. The van der Waals surface area contributed by atoms with Gasteiger partial charge >= 0.3 is 24.1 Å². The van der Waals surface area contributed by atoms with Gasteiger partial charge in [-0.15, -0.1) is 0 Å². The molecular weight excluding hydrogens is 468 g/mol. The molecule has 1 aromatic carbocycles. The lowest BCUT2D eigenvalue weighted by atomic mass is 10.1. The summed E-state index contributed by atoms with van der Waals surface area (Å²) in [6.07, 6.45) is -1.49. The third kappa shape index (κ3) is 12.0. The maximum absolute atomic E-state index is 12.1. The van der Waals surface area contributed by atoms with E-state index in [4.69, 9.17) is 18.9 Å². The third-order valence-corrected chi connectivity index (χ3v) is 4.82. The predicted octanol–water partition coefficient (Wildman–Crippen LogP) is 3.93. The van der Waals surface area contributed by atoms with Crippen LogP contribution in [-0.4, -0.2) is 49.5 Å². The molecule has 2 amide bonds. The molecule has 2 N–H and O–H groups in total. The Morgan fingerprint density at radius 3 is 1.50 bits per heavy atom. The molecule has 0 spiro atoms. The molecule has 0 aliphatic rings. The molecule has 2 unspecified atom stereocenters. The van der Waals surface area contributed by atoms with E-state index in [0.29, 0.717) is 12.8 Å². The number of benzene rings is 1. The molecule has 0 saturated heterocycles. The Balaban J connectivity index is 2.47. The number of carbonyl (C=O) groups excluding carboxylic acids is 4. The Morgan fingerprint density at radius 1 is 0.778 bits per heavy atom. The molecule has 198 valence electrons. The van der Waals surface area contributed by atoms with Gasteiger partial charge in [-0.3, -0.25) is 0 Å². The van der Waals surface area contributed by atoms with Crippen molar-refractivity contribution in [1.82, 2.24) is 10.6 Å². The monoisotopic (exact) mass is 504 g/mol. The highest BCUT2D eigenvalue weighted by Gasteiger charge is 2.17. The molecular formula is C26H36N2O8. The molecule has 0 aromatic heterocycles. The Labute approximate surface area is 212 Å². The first kappa shape index (κ1) is 30.2. The lowest BCUT2D eigenvalue weighted by molar-refractivity contribution is -0.142. The van der Waals surface area contributed by atoms with E-state index in [9.17, 15) is 19.2 Å². The van der Waals surface area contributed by atoms with E-state index in [2.05, 4.69) is 23.8 Å². The molecule has 0 bridgehead atoms. The highest BCUT2D eigenvalue weighted by molar-refractivity contribution is 5.87. The number of alkyl carbamates (subject to hydrolysis) is 2. The summed E-state index contributed by atoms with van der Waals surface area (Å²) in [7, 11) is 0. The molecule has 0 fully saturated rings. The lowest BCUT2D eigenvalue weighted by Crippen LogP contribution is -2.32. The number of ether oxygens (including phenoxy) is 4. The summed E-state index contributed by atoms with van der Waals surface area (Å²) in [6.45, 7) is 14.0. The first-order chi connectivity index (χ1) is 17.0. The predicted molar refractivity (Wildman–Crippen MR) is 133 cm³/mol. The summed E-state index contributed by atoms with van der Waals surface area (Å²) >= 11 is 0. The molecule has 36 heavy (non-hydrogen) atoms. The van der Waals surface area contributed by atoms with Gasteiger partial charge in [0.2, 0.25) is 0 Å². The van der Waals surface area contributed by atoms with Crippen LogP contribution in [-0.2, 0) is 41.6 Å². The van der Waals surface area contributed by atoms with Gasteiger partial charge in [-0.05, 0) is 37.8 Å². The van der Waals surface area contributed by atoms with Crippen LogP contribution in [0.1, 0.15) is 51.7 Å². The van der Waals surface area contributed by atoms with Gasteiger partial charge in [0.05, 0.1) is 0 Å². The summed E-state index contributed by atoms with van der Waals surface area (Å²) in [5.74, 6) is -1.08. The molecule has 10 heteroatoms. The van der Waals surface area contributed by atoms with Gasteiger partial charge in [-0.2, -0.15) is 0 Å². The van der Waals surface area contributed by atoms with E-state index in [1.54, 1.807) is 6.07 Å². The smallest absolute Gasteiger partial charge is 0.407 e. The minimum atomic E-state index is -0.640. The third-order valence-electron chi connectivity index (χ3n) is 4.82. The molecule has 0 saturated carbocycles. The Bertz CT molecular complexity index is 872. The molecule has 1 rings (SSSR count). The number of hydrogen-bond donors (Lipinski definition) is 2. The fraction of sp³-hybridized carbons (Fsp3) is 0.462. The average Bonchev–Trinajstić information content (AvgIpc) is 2.85. The first-order valence-corrected chi connectivity index (χ1v) is 11.7. The molecule has 0 aliphatic carbocycles. The summed E-state index contributed by atoms with van der Waals surface area (Å²) in [5.41, 5.74) is 2.12. The zero-order valence-electron chi connectivity index (χ0n) is 21.4.